The summed E-state index contributed by atoms with van der Waals surface area (Å²) in [4.78, 5) is 49.7. The van der Waals surface area contributed by atoms with E-state index in [-0.39, 0.29) is 30.5 Å². The minimum absolute atomic E-state index is 0.0217. The van der Waals surface area contributed by atoms with Crippen molar-refractivity contribution < 1.29 is 23.8 Å². The van der Waals surface area contributed by atoms with E-state index in [4.69, 9.17) is 4.74 Å². The highest BCUT2D eigenvalue weighted by Crippen LogP contribution is 2.34. The fraction of sp³-hybridized carbons (Fsp3) is 0.233. The van der Waals surface area contributed by atoms with Crippen LogP contribution in [0.4, 0.5) is 4.39 Å². The molecule has 2 aromatic heterocycles. The standard InChI is InChI=1S/C30H28FN5O5/c1-35-27(34-25(26(37)30(35)40)28(38)33-16-19-10-12-21(31)13-11-19)24-15-22(41-18-20-7-3-2-4-8-20)17-36(24)29(39)23-9-5-6-14-32-23/h2-14,22,24,37H,15-18H2,1H3,(H,33,38)/t22-,24+/m1/s1. The van der Waals surface area contributed by atoms with Gasteiger partial charge in [-0.2, -0.15) is 0 Å². The summed E-state index contributed by atoms with van der Waals surface area (Å²) in [7, 11) is 1.42. The van der Waals surface area contributed by atoms with Crippen LogP contribution in [0.3, 0.4) is 0 Å². The minimum Gasteiger partial charge on any atom is -0.501 e. The van der Waals surface area contributed by atoms with Crippen LogP contribution in [-0.4, -0.2) is 49.0 Å². The Morgan fingerprint density at radius 2 is 1.78 bits per heavy atom. The SMILES string of the molecule is Cn1c([C@@H]2C[C@@H](OCc3ccccc3)CN2C(=O)c2ccccn2)nc(C(=O)NCc2ccc(F)cc2)c(O)c1=O. The van der Waals surface area contributed by atoms with E-state index in [9.17, 15) is 23.9 Å². The molecule has 1 aliphatic rings. The molecule has 11 heteroatoms. The molecule has 3 heterocycles. The van der Waals surface area contributed by atoms with Gasteiger partial charge in [-0.25, -0.2) is 9.37 Å². The van der Waals surface area contributed by atoms with Crippen molar-refractivity contribution in [2.75, 3.05) is 6.54 Å². The third kappa shape index (κ3) is 6.15. The van der Waals surface area contributed by atoms with Crippen LogP contribution in [0.1, 0.15) is 50.4 Å². The lowest BCUT2D eigenvalue weighted by atomic mass is 10.1. The molecule has 2 N–H and O–H groups in total. The summed E-state index contributed by atoms with van der Waals surface area (Å²) in [6.07, 6.45) is 1.42. The van der Waals surface area contributed by atoms with Crippen molar-refractivity contribution in [3.63, 3.8) is 0 Å². The summed E-state index contributed by atoms with van der Waals surface area (Å²) in [5, 5.41) is 13.1. The lowest BCUT2D eigenvalue weighted by molar-refractivity contribution is 0.0436. The van der Waals surface area contributed by atoms with Crippen LogP contribution < -0.4 is 10.9 Å². The number of likely N-dealkylation sites (tertiary alicyclic amines) is 1. The van der Waals surface area contributed by atoms with Gasteiger partial charge in [-0.15, -0.1) is 0 Å². The van der Waals surface area contributed by atoms with E-state index in [2.05, 4.69) is 15.3 Å². The van der Waals surface area contributed by atoms with Crippen LogP contribution in [0.2, 0.25) is 0 Å². The second kappa shape index (κ2) is 12.1. The van der Waals surface area contributed by atoms with Crippen LogP contribution in [0.15, 0.2) is 83.8 Å². The maximum absolute atomic E-state index is 13.6. The smallest absolute Gasteiger partial charge is 0.296 e. The highest BCUT2D eigenvalue weighted by molar-refractivity contribution is 5.95. The average Bonchev–Trinajstić information content (AvgIpc) is 3.43. The predicted octanol–water partition coefficient (Wildman–Crippen LogP) is 3.12. The number of amides is 2. The van der Waals surface area contributed by atoms with Gasteiger partial charge in [0.2, 0.25) is 5.75 Å². The van der Waals surface area contributed by atoms with Crippen molar-refractivity contribution in [2.24, 2.45) is 7.05 Å². The van der Waals surface area contributed by atoms with Crippen molar-refractivity contribution in [1.29, 1.82) is 0 Å². The molecule has 210 valence electrons. The van der Waals surface area contributed by atoms with Crippen molar-refractivity contribution in [2.45, 2.75) is 31.7 Å². The molecular weight excluding hydrogens is 529 g/mol. The van der Waals surface area contributed by atoms with Gasteiger partial charge in [0.05, 0.1) is 18.8 Å². The highest BCUT2D eigenvalue weighted by Gasteiger charge is 2.40. The number of hydrogen-bond donors (Lipinski definition) is 2. The molecule has 0 bridgehead atoms. The van der Waals surface area contributed by atoms with Gasteiger partial charge in [-0.1, -0.05) is 48.5 Å². The number of benzene rings is 2. The number of ether oxygens (including phenoxy) is 1. The van der Waals surface area contributed by atoms with Gasteiger partial charge in [0.1, 0.15) is 17.3 Å². The Kier molecular flexibility index (Phi) is 8.16. The van der Waals surface area contributed by atoms with Crippen molar-refractivity contribution in [3.8, 4) is 5.75 Å². The summed E-state index contributed by atoms with van der Waals surface area (Å²) < 4.78 is 20.5. The van der Waals surface area contributed by atoms with Crippen LogP contribution in [0, 0.1) is 5.82 Å². The fourth-order valence-corrected chi connectivity index (χ4v) is 4.74. The number of nitrogens with one attached hydrogen (secondary N) is 1. The molecule has 10 nitrogen and oxygen atoms in total. The summed E-state index contributed by atoms with van der Waals surface area (Å²) in [6.45, 7) is 0.548. The normalized spacial score (nSPS) is 16.5. The number of nitrogens with zero attached hydrogens (tertiary/aromatic N) is 4. The quantitative estimate of drug-likeness (QED) is 0.341. The maximum Gasteiger partial charge on any atom is 0.296 e. The largest absolute Gasteiger partial charge is 0.501 e. The van der Waals surface area contributed by atoms with Gasteiger partial charge < -0.3 is 20.1 Å². The van der Waals surface area contributed by atoms with E-state index < -0.39 is 40.9 Å². The Morgan fingerprint density at radius 1 is 1.05 bits per heavy atom. The van der Waals surface area contributed by atoms with Crippen LogP contribution in [-0.2, 0) is 24.9 Å². The number of aromatic hydroxyl groups is 1. The van der Waals surface area contributed by atoms with Gasteiger partial charge in [-0.05, 0) is 35.4 Å². The average molecular weight is 558 g/mol. The number of carbonyl (C=O) groups is 2. The molecule has 0 spiro atoms. The maximum atomic E-state index is 13.6. The monoisotopic (exact) mass is 557 g/mol. The fourth-order valence-electron chi connectivity index (χ4n) is 4.74. The van der Waals surface area contributed by atoms with Gasteiger partial charge in [0.25, 0.3) is 17.4 Å². The molecule has 0 radical (unpaired) electrons. The van der Waals surface area contributed by atoms with Crippen LogP contribution in [0.5, 0.6) is 5.75 Å². The molecule has 1 saturated heterocycles. The van der Waals surface area contributed by atoms with Gasteiger partial charge in [0.15, 0.2) is 5.69 Å². The highest BCUT2D eigenvalue weighted by atomic mass is 19.1. The molecule has 5 rings (SSSR count). The topological polar surface area (TPSA) is 127 Å². The number of aromatic nitrogens is 3. The van der Waals surface area contributed by atoms with E-state index in [1.54, 1.807) is 18.2 Å². The summed E-state index contributed by atoms with van der Waals surface area (Å²) in [5.74, 6) is -2.28. The Balaban J connectivity index is 1.44. The molecule has 2 amide bonds. The molecule has 41 heavy (non-hydrogen) atoms. The van der Waals surface area contributed by atoms with Crippen LogP contribution >= 0.6 is 0 Å². The molecule has 2 aromatic carbocycles. The zero-order chi connectivity index (χ0) is 28.9. The first-order chi connectivity index (χ1) is 19.8. The number of rotatable bonds is 8. The Morgan fingerprint density at radius 3 is 2.49 bits per heavy atom. The summed E-state index contributed by atoms with van der Waals surface area (Å²) in [6, 6.07) is 19.4. The molecule has 1 aliphatic heterocycles. The van der Waals surface area contributed by atoms with Gasteiger partial charge in [0, 0.05) is 32.8 Å². The van der Waals surface area contributed by atoms with E-state index in [1.165, 1.54) is 42.4 Å². The van der Waals surface area contributed by atoms with E-state index in [1.807, 2.05) is 30.3 Å². The number of pyridine rings is 1. The second-order valence-electron chi connectivity index (χ2n) is 9.68. The first kappa shape index (κ1) is 27.7. The Labute approximate surface area is 235 Å². The van der Waals surface area contributed by atoms with E-state index in [0.29, 0.717) is 18.6 Å². The van der Waals surface area contributed by atoms with E-state index in [0.717, 1.165) is 10.1 Å². The second-order valence-corrected chi connectivity index (χ2v) is 9.68. The lowest BCUT2D eigenvalue weighted by Gasteiger charge is -2.25. The third-order valence-corrected chi connectivity index (χ3v) is 6.92. The Hall–Kier alpha value is -4.90. The number of hydrogen-bond acceptors (Lipinski definition) is 7. The molecule has 0 aliphatic carbocycles. The molecular formula is C30H28FN5O5. The zero-order valence-corrected chi connectivity index (χ0v) is 22.2. The van der Waals surface area contributed by atoms with E-state index >= 15 is 0 Å². The third-order valence-electron chi connectivity index (χ3n) is 6.92. The van der Waals surface area contributed by atoms with Gasteiger partial charge in [-0.3, -0.25) is 23.9 Å². The number of halogens is 1. The minimum atomic E-state index is -0.833. The molecule has 1 fully saturated rings. The zero-order valence-electron chi connectivity index (χ0n) is 22.2. The molecule has 0 unspecified atom stereocenters. The van der Waals surface area contributed by atoms with Gasteiger partial charge >= 0.3 is 0 Å². The Bertz CT molecular complexity index is 1600. The van der Waals surface area contributed by atoms with Crippen molar-refractivity contribution >= 4 is 11.8 Å². The number of carbonyl (C=O) groups excluding carboxylic acids is 2. The predicted molar refractivity (Wildman–Crippen MR) is 146 cm³/mol. The van der Waals surface area contributed by atoms with Crippen molar-refractivity contribution in [1.82, 2.24) is 24.8 Å². The lowest BCUT2D eigenvalue weighted by Crippen LogP contribution is -2.37. The van der Waals surface area contributed by atoms with Crippen LogP contribution in [0.25, 0.3) is 0 Å². The molecule has 2 atom stereocenters. The van der Waals surface area contributed by atoms with Crippen molar-refractivity contribution in [3.05, 3.63) is 124 Å². The molecule has 4 aromatic rings. The summed E-state index contributed by atoms with van der Waals surface area (Å²) >= 11 is 0. The molecule has 0 saturated carbocycles. The summed E-state index contributed by atoms with van der Waals surface area (Å²) in [5.41, 5.74) is 0.491. The first-order valence-corrected chi connectivity index (χ1v) is 13.0. The first-order valence-electron chi connectivity index (χ1n) is 13.0.